The lowest BCUT2D eigenvalue weighted by molar-refractivity contribution is 0.00297. The molecule has 0 N–H and O–H groups in total. The molecule has 1 saturated heterocycles. The molecule has 0 saturated carbocycles. The van der Waals surface area contributed by atoms with Crippen molar-refractivity contribution in [2.24, 2.45) is 5.41 Å². The van der Waals surface area contributed by atoms with Crippen molar-refractivity contribution in [1.29, 1.82) is 0 Å². The molecule has 4 heteroatoms. The molecule has 0 radical (unpaired) electrons. The summed E-state index contributed by atoms with van der Waals surface area (Å²) in [5.74, 6) is 1.75. The topological polar surface area (TPSA) is 18.5 Å². The van der Waals surface area contributed by atoms with Gasteiger partial charge in [-0.3, -0.25) is 0 Å². The van der Waals surface area contributed by atoms with Crippen LogP contribution >= 0.6 is 28.6 Å². The van der Waals surface area contributed by atoms with Crippen LogP contribution in [0, 0.1) is 5.41 Å². The predicted molar refractivity (Wildman–Crippen MR) is 76.0 cm³/mol. The van der Waals surface area contributed by atoms with E-state index in [0.29, 0.717) is 6.61 Å². The van der Waals surface area contributed by atoms with Gasteiger partial charge in [-0.2, -0.15) is 12.6 Å². The summed E-state index contributed by atoms with van der Waals surface area (Å²) in [5.41, 5.74) is 0.163. The minimum Gasteiger partial charge on any atom is -0.492 e. The van der Waals surface area contributed by atoms with Gasteiger partial charge >= 0.3 is 0 Å². The molecule has 1 aliphatic rings. The van der Waals surface area contributed by atoms with Crippen molar-refractivity contribution in [3.8, 4) is 5.75 Å². The second kappa shape index (κ2) is 6.12. The van der Waals surface area contributed by atoms with Crippen LogP contribution in [0.5, 0.6) is 5.75 Å². The Labute approximate surface area is 116 Å². The first-order valence-electron chi connectivity index (χ1n) is 5.82. The molecule has 0 atom stereocenters. The molecule has 0 aliphatic carbocycles. The van der Waals surface area contributed by atoms with E-state index in [-0.39, 0.29) is 5.41 Å². The zero-order valence-corrected chi connectivity index (χ0v) is 12.2. The molecule has 0 aromatic heterocycles. The van der Waals surface area contributed by atoms with E-state index >= 15 is 0 Å². The highest BCUT2D eigenvalue weighted by molar-refractivity contribution is 9.10. The molecule has 1 aliphatic heterocycles. The SMILES string of the molecule is SCC1(COc2ccccc2Br)CCOCC1. The number of hydrogen-bond donors (Lipinski definition) is 1. The fraction of sp³-hybridized carbons (Fsp3) is 0.538. The molecule has 1 aromatic carbocycles. The highest BCUT2D eigenvalue weighted by atomic mass is 79.9. The van der Waals surface area contributed by atoms with Gasteiger partial charge in [-0.05, 0) is 46.7 Å². The second-order valence-corrected chi connectivity index (χ2v) is 5.66. The summed E-state index contributed by atoms with van der Waals surface area (Å²) >= 11 is 7.97. The minimum absolute atomic E-state index is 0.163. The summed E-state index contributed by atoms with van der Waals surface area (Å²) in [6.07, 6.45) is 2.06. The van der Waals surface area contributed by atoms with Crippen LogP contribution in [0.25, 0.3) is 0 Å². The summed E-state index contributed by atoms with van der Waals surface area (Å²) in [6.45, 7) is 2.35. The smallest absolute Gasteiger partial charge is 0.133 e. The fourth-order valence-electron chi connectivity index (χ4n) is 1.95. The van der Waals surface area contributed by atoms with Crippen molar-refractivity contribution >= 4 is 28.6 Å². The number of hydrogen-bond acceptors (Lipinski definition) is 3. The first-order chi connectivity index (χ1) is 8.26. The van der Waals surface area contributed by atoms with Gasteiger partial charge in [0.2, 0.25) is 0 Å². The van der Waals surface area contributed by atoms with E-state index in [1.165, 1.54) is 0 Å². The van der Waals surface area contributed by atoms with E-state index in [1.807, 2.05) is 24.3 Å². The number of thiol groups is 1. The molecule has 0 spiro atoms. The maximum atomic E-state index is 5.92. The summed E-state index contributed by atoms with van der Waals surface area (Å²) in [5, 5.41) is 0. The Morgan fingerprint density at radius 3 is 2.65 bits per heavy atom. The number of para-hydroxylation sites is 1. The van der Waals surface area contributed by atoms with Gasteiger partial charge in [-0.1, -0.05) is 12.1 Å². The van der Waals surface area contributed by atoms with Crippen LogP contribution in [-0.4, -0.2) is 25.6 Å². The molecule has 1 fully saturated rings. The maximum Gasteiger partial charge on any atom is 0.133 e. The molecule has 17 heavy (non-hydrogen) atoms. The first kappa shape index (κ1) is 13.2. The summed E-state index contributed by atoms with van der Waals surface area (Å²) < 4.78 is 12.3. The Balaban J connectivity index is 1.98. The van der Waals surface area contributed by atoms with Crippen molar-refractivity contribution in [3.05, 3.63) is 28.7 Å². The van der Waals surface area contributed by atoms with Crippen LogP contribution in [0.1, 0.15) is 12.8 Å². The molecule has 2 rings (SSSR count). The lowest BCUT2D eigenvalue weighted by atomic mass is 9.83. The number of benzene rings is 1. The van der Waals surface area contributed by atoms with Gasteiger partial charge < -0.3 is 9.47 Å². The van der Waals surface area contributed by atoms with Gasteiger partial charge in [0.1, 0.15) is 5.75 Å². The molecule has 1 heterocycles. The number of ether oxygens (including phenoxy) is 2. The van der Waals surface area contributed by atoms with Crippen molar-refractivity contribution < 1.29 is 9.47 Å². The Bertz CT molecular complexity index is 364. The van der Waals surface area contributed by atoms with Crippen molar-refractivity contribution in [1.82, 2.24) is 0 Å². The van der Waals surface area contributed by atoms with E-state index in [4.69, 9.17) is 9.47 Å². The van der Waals surface area contributed by atoms with E-state index in [1.54, 1.807) is 0 Å². The quantitative estimate of drug-likeness (QED) is 0.856. The minimum atomic E-state index is 0.163. The van der Waals surface area contributed by atoms with Crippen LogP contribution in [-0.2, 0) is 4.74 Å². The molecule has 94 valence electrons. The molecule has 0 unspecified atom stereocenters. The van der Waals surface area contributed by atoms with E-state index in [9.17, 15) is 0 Å². The van der Waals surface area contributed by atoms with Crippen LogP contribution in [0.4, 0.5) is 0 Å². The maximum absolute atomic E-state index is 5.92. The summed E-state index contributed by atoms with van der Waals surface area (Å²) in [6, 6.07) is 7.94. The summed E-state index contributed by atoms with van der Waals surface area (Å²) in [4.78, 5) is 0. The fourth-order valence-corrected chi connectivity index (χ4v) is 2.75. The van der Waals surface area contributed by atoms with Crippen LogP contribution in [0.2, 0.25) is 0 Å². The average molecular weight is 317 g/mol. The van der Waals surface area contributed by atoms with E-state index in [2.05, 4.69) is 28.6 Å². The first-order valence-corrected chi connectivity index (χ1v) is 7.24. The normalized spacial score (nSPS) is 18.9. The van der Waals surface area contributed by atoms with Gasteiger partial charge in [0.25, 0.3) is 0 Å². The van der Waals surface area contributed by atoms with Gasteiger partial charge in [0.15, 0.2) is 0 Å². The highest BCUT2D eigenvalue weighted by Gasteiger charge is 2.32. The molecule has 0 bridgehead atoms. The van der Waals surface area contributed by atoms with Crippen molar-refractivity contribution in [2.45, 2.75) is 12.8 Å². The van der Waals surface area contributed by atoms with Gasteiger partial charge in [-0.15, -0.1) is 0 Å². The molecular weight excluding hydrogens is 300 g/mol. The van der Waals surface area contributed by atoms with Gasteiger partial charge in [-0.25, -0.2) is 0 Å². The molecule has 0 amide bonds. The van der Waals surface area contributed by atoms with Crippen LogP contribution < -0.4 is 4.74 Å². The number of rotatable bonds is 4. The van der Waals surface area contributed by atoms with E-state index in [0.717, 1.165) is 42.0 Å². The van der Waals surface area contributed by atoms with Crippen LogP contribution in [0.3, 0.4) is 0 Å². The monoisotopic (exact) mass is 316 g/mol. The highest BCUT2D eigenvalue weighted by Crippen LogP contribution is 2.34. The molecule has 1 aromatic rings. The third-order valence-corrected chi connectivity index (χ3v) is 4.59. The number of halogens is 1. The van der Waals surface area contributed by atoms with Crippen LogP contribution in [0.15, 0.2) is 28.7 Å². The largest absolute Gasteiger partial charge is 0.492 e. The third kappa shape index (κ3) is 3.39. The second-order valence-electron chi connectivity index (χ2n) is 4.49. The molecular formula is C13H17BrO2S. The lowest BCUT2D eigenvalue weighted by Gasteiger charge is -2.35. The third-order valence-electron chi connectivity index (χ3n) is 3.26. The Kier molecular flexibility index (Phi) is 4.77. The molecule has 2 nitrogen and oxygen atoms in total. The zero-order chi connectivity index (χ0) is 12.1. The standard InChI is InChI=1S/C13H17BrO2S/c14-11-3-1-2-4-12(11)16-9-13(10-17)5-7-15-8-6-13/h1-4,17H,5-10H2. The summed E-state index contributed by atoms with van der Waals surface area (Å²) in [7, 11) is 0. The average Bonchev–Trinajstić information content (AvgIpc) is 2.39. The predicted octanol–water partition coefficient (Wildman–Crippen LogP) is 3.55. The van der Waals surface area contributed by atoms with Crippen molar-refractivity contribution in [3.63, 3.8) is 0 Å². The van der Waals surface area contributed by atoms with E-state index < -0.39 is 0 Å². The van der Waals surface area contributed by atoms with Gasteiger partial charge in [0, 0.05) is 18.6 Å². The van der Waals surface area contributed by atoms with Gasteiger partial charge in [0.05, 0.1) is 11.1 Å². The van der Waals surface area contributed by atoms with Crippen molar-refractivity contribution in [2.75, 3.05) is 25.6 Å². The Hall–Kier alpha value is -0.190. The zero-order valence-electron chi connectivity index (χ0n) is 9.69. The Morgan fingerprint density at radius 2 is 2.00 bits per heavy atom. The lowest BCUT2D eigenvalue weighted by Crippen LogP contribution is -2.36. The Morgan fingerprint density at radius 1 is 1.29 bits per heavy atom.